The van der Waals surface area contributed by atoms with Crippen LogP contribution in [0.5, 0.6) is 0 Å². The summed E-state index contributed by atoms with van der Waals surface area (Å²) in [5.74, 6) is -0.253. The lowest BCUT2D eigenvalue weighted by molar-refractivity contribution is 0.103. The van der Waals surface area contributed by atoms with E-state index >= 15 is 0 Å². The molecule has 18 heavy (non-hydrogen) atoms. The van der Waals surface area contributed by atoms with Gasteiger partial charge < -0.3 is 11.5 Å². The summed E-state index contributed by atoms with van der Waals surface area (Å²) in [5, 5.41) is 0. The van der Waals surface area contributed by atoms with Crippen LogP contribution in [0.25, 0.3) is 5.70 Å². The van der Waals surface area contributed by atoms with Crippen LogP contribution in [-0.2, 0) is 0 Å². The predicted molar refractivity (Wildman–Crippen MR) is 72.5 cm³/mol. The Balaban J connectivity index is 2.37. The number of benzene rings is 2. The Labute approximate surface area is 106 Å². The third-order valence-corrected chi connectivity index (χ3v) is 2.66. The lowest BCUT2D eigenvalue weighted by Gasteiger charge is -2.07. The molecule has 3 heteroatoms. The number of nitrogens with two attached hydrogens (primary N) is 2. The van der Waals surface area contributed by atoms with Crippen molar-refractivity contribution in [3.63, 3.8) is 0 Å². The number of hydrogen-bond acceptors (Lipinski definition) is 3. The molecule has 4 N–H and O–H groups in total. The fourth-order valence-electron chi connectivity index (χ4n) is 1.64. The van der Waals surface area contributed by atoms with Gasteiger partial charge >= 0.3 is 0 Å². The first kappa shape index (κ1) is 11.9. The van der Waals surface area contributed by atoms with Crippen molar-refractivity contribution < 1.29 is 4.79 Å². The van der Waals surface area contributed by atoms with Crippen molar-refractivity contribution in [2.45, 2.75) is 0 Å². The van der Waals surface area contributed by atoms with Gasteiger partial charge in [-0.25, -0.2) is 0 Å². The predicted octanol–water partition coefficient (Wildman–Crippen LogP) is 2.16. The van der Waals surface area contributed by atoms with Crippen molar-refractivity contribution in [1.82, 2.24) is 0 Å². The number of rotatable bonds is 3. The van der Waals surface area contributed by atoms with Crippen LogP contribution in [0.15, 0.2) is 66.4 Å². The largest absolute Gasteiger partial charge is 0.396 e. The van der Waals surface area contributed by atoms with E-state index in [0.717, 1.165) is 5.56 Å². The SMILES string of the molecule is NC(C(=O)c1ccccc1)=C(N)c1ccccc1. The molecule has 2 aromatic carbocycles. The number of allylic oxidation sites excluding steroid dienone is 1. The van der Waals surface area contributed by atoms with E-state index in [4.69, 9.17) is 11.5 Å². The Kier molecular flexibility index (Phi) is 3.44. The lowest BCUT2D eigenvalue weighted by atomic mass is 10.0. The second-order valence-electron chi connectivity index (χ2n) is 3.89. The van der Waals surface area contributed by atoms with Crippen LogP contribution in [0.2, 0.25) is 0 Å². The fourth-order valence-corrected chi connectivity index (χ4v) is 1.64. The topological polar surface area (TPSA) is 69.1 Å². The van der Waals surface area contributed by atoms with Crippen LogP contribution in [-0.4, -0.2) is 5.78 Å². The maximum atomic E-state index is 12.1. The van der Waals surface area contributed by atoms with Crippen molar-refractivity contribution in [3.05, 3.63) is 77.5 Å². The van der Waals surface area contributed by atoms with Gasteiger partial charge in [0.15, 0.2) is 0 Å². The van der Waals surface area contributed by atoms with Crippen LogP contribution in [0.3, 0.4) is 0 Å². The van der Waals surface area contributed by atoms with Gasteiger partial charge in [-0.1, -0.05) is 60.7 Å². The average Bonchev–Trinajstić information content (AvgIpc) is 2.47. The van der Waals surface area contributed by atoms with Gasteiger partial charge in [0.25, 0.3) is 0 Å². The molecule has 0 aromatic heterocycles. The second-order valence-corrected chi connectivity index (χ2v) is 3.89. The van der Waals surface area contributed by atoms with Gasteiger partial charge in [-0.15, -0.1) is 0 Å². The Hall–Kier alpha value is -2.55. The molecule has 0 atom stereocenters. The van der Waals surface area contributed by atoms with Gasteiger partial charge in [0.2, 0.25) is 5.78 Å². The molecule has 3 nitrogen and oxygen atoms in total. The number of carbonyl (C=O) groups is 1. The quantitative estimate of drug-likeness (QED) is 0.636. The zero-order valence-corrected chi connectivity index (χ0v) is 9.84. The normalized spacial score (nSPS) is 11.8. The molecule has 90 valence electrons. The minimum Gasteiger partial charge on any atom is -0.396 e. The molecule has 0 radical (unpaired) electrons. The molecule has 0 saturated heterocycles. The highest BCUT2D eigenvalue weighted by atomic mass is 16.1. The summed E-state index contributed by atoms with van der Waals surface area (Å²) in [6.45, 7) is 0. The zero-order chi connectivity index (χ0) is 13.0. The smallest absolute Gasteiger partial charge is 0.210 e. The van der Waals surface area contributed by atoms with Gasteiger partial charge in [-0.3, -0.25) is 4.79 Å². The third-order valence-electron chi connectivity index (χ3n) is 2.66. The summed E-state index contributed by atoms with van der Waals surface area (Å²) < 4.78 is 0. The molecule has 2 rings (SSSR count). The third kappa shape index (κ3) is 2.40. The van der Waals surface area contributed by atoms with Gasteiger partial charge in [-0.2, -0.15) is 0 Å². The van der Waals surface area contributed by atoms with Crippen molar-refractivity contribution >= 4 is 11.5 Å². The molecule has 0 bridgehead atoms. The minimum absolute atomic E-state index is 0.0763. The summed E-state index contributed by atoms with van der Waals surface area (Å²) in [7, 11) is 0. The first-order chi connectivity index (χ1) is 8.70. The molecule has 0 heterocycles. The molecule has 0 fully saturated rings. The lowest BCUT2D eigenvalue weighted by Crippen LogP contribution is -2.17. The number of hydrogen-bond donors (Lipinski definition) is 2. The van der Waals surface area contributed by atoms with Gasteiger partial charge in [-0.05, 0) is 5.56 Å². The summed E-state index contributed by atoms with van der Waals surface area (Å²) in [5.41, 5.74) is 13.4. The van der Waals surface area contributed by atoms with Gasteiger partial charge in [0, 0.05) is 5.56 Å². The first-order valence-electron chi connectivity index (χ1n) is 5.60. The van der Waals surface area contributed by atoms with Gasteiger partial charge in [0.1, 0.15) is 5.70 Å². The average molecular weight is 238 g/mol. The van der Waals surface area contributed by atoms with E-state index in [0.29, 0.717) is 11.3 Å². The van der Waals surface area contributed by atoms with Crippen LogP contribution >= 0.6 is 0 Å². The van der Waals surface area contributed by atoms with Crippen LogP contribution < -0.4 is 11.5 Å². The molecule has 0 saturated carbocycles. The second kappa shape index (κ2) is 5.19. The van der Waals surface area contributed by atoms with Crippen molar-refractivity contribution in [3.8, 4) is 0 Å². The monoisotopic (exact) mass is 238 g/mol. The van der Waals surface area contributed by atoms with E-state index in [1.165, 1.54) is 0 Å². The molecular weight excluding hydrogens is 224 g/mol. The van der Waals surface area contributed by atoms with E-state index in [-0.39, 0.29) is 11.5 Å². The maximum absolute atomic E-state index is 12.1. The van der Waals surface area contributed by atoms with E-state index in [2.05, 4.69) is 0 Å². The highest BCUT2D eigenvalue weighted by Gasteiger charge is 2.12. The van der Waals surface area contributed by atoms with E-state index < -0.39 is 0 Å². The molecule has 0 amide bonds. The van der Waals surface area contributed by atoms with E-state index in [1.807, 2.05) is 36.4 Å². The van der Waals surface area contributed by atoms with Crippen molar-refractivity contribution in [1.29, 1.82) is 0 Å². The summed E-state index contributed by atoms with van der Waals surface area (Å²) in [6.07, 6.45) is 0. The van der Waals surface area contributed by atoms with Gasteiger partial charge in [0.05, 0.1) is 5.70 Å². The zero-order valence-electron chi connectivity index (χ0n) is 9.84. The molecule has 0 spiro atoms. The summed E-state index contributed by atoms with van der Waals surface area (Å²) in [4.78, 5) is 12.1. The minimum atomic E-state index is -0.253. The van der Waals surface area contributed by atoms with E-state index in [1.54, 1.807) is 24.3 Å². The maximum Gasteiger partial charge on any atom is 0.210 e. The highest BCUT2D eigenvalue weighted by molar-refractivity contribution is 6.12. The molecular formula is C15H14N2O. The van der Waals surface area contributed by atoms with Crippen LogP contribution in [0, 0.1) is 0 Å². The molecule has 2 aromatic rings. The van der Waals surface area contributed by atoms with Crippen LogP contribution in [0.1, 0.15) is 15.9 Å². The summed E-state index contributed by atoms with van der Waals surface area (Å²) in [6, 6.07) is 18.1. The number of carbonyl (C=O) groups excluding carboxylic acids is 1. The number of Topliss-reactive ketones (excluding diaryl/α,β-unsaturated/α-hetero) is 1. The van der Waals surface area contributed by atoms with Crippen molar-refractivity contribution in [2.24, 2.45) is 11.5 Å². The Morgan fingerprint density at radius 3 is 1.67 bits per heavy atom. The standard InChI is InChI=1S/C15H14N2O/c16-13(11-7-3-1-4-8-11)14(17)15(18)12-9-5-2-6-10-12/h1-10H,16-17H2. The Morgan fingerprint density at radius 1 is 0.722 bits per heavy atom. The Morgan fingerprint density at radius 2 is 1.17 bits per heavy atom. The fraction of sp³-hybridized carbons (Fsp3) is 0. The Bertz CT molecular complexity index is 574. The highest BCUT2D eigenvalue weighted by Crippen LogP contribution is 2.13. The van der Waals surface area contributed by atoms with Crippen LogP contribution in [0.4, 0.5) is 0 Å². The molecule has 0 aliphatic carbocycles. The first-order valence-corrected chi connectivity index (χ1v) is 5.60. The van der Waals surface area contributed by atoms with E-state index in [9.17, 15) is 4.79 Å². The van der Waals surface area contributed by atoms with Crippen molar-refractivity contribution in [2.75, 3.05) is 0 Å². The molecule has 0 aliphatic heterocycles. The molecule has 0 unspecified atom stereocenters. The number of ketones is 1. The molecule has 0 aliphatic rings. The summed E-state index contributed by atoms with van der Waals surface area (Å²) >= 11 is 0.